The highest BCUT2D eigenvalue weighted by atomic mass is 16.2. The first-order chi connectivity index (χ1) is 9.00. The number of para-hydroxylation sites is 1. The number of benzene rings is 1. The van der Waals surface area contributed by atoms with Crippen molar-refractivity contribution in [3.05, 3.63) is 63.6 Å². The van der Waals surface area contributed by atoms with E-state index in [9.17, 15) is 9.59 Å². The molecule has 98 valence electrons. The average molecular weight is 256 g/mol. The number of hydrogen-bond donors (Lipinski definition) is 1. The molecule has 1 aromatic heterocycles. The molecule has 0 saturated heterocycles. The first-order valence-electron chi connectivity index (χ1n) is 6.04. The number of nitrogens with one attached hydrogen (secondary N) is 1. The number of carbonyl (C=O) groups is 1. The van der Waals surface area contributed by atoms with Crippen LogP contribution in [0.15, 0.2) is 41.2 Å². The summed E-state index contributed by atoms with van der Waals surface area (Å²) < 4.78 is 1.48. The molecule has 1 amide bonds. The van der Waals surface area contributed by atoms with Gasteiger partial charge >= 0.3 is 0 Å². The van der Waals surface area contributed by atoms with Crippen molar-refractivity contribution in [1.82, 2.24) is 4.57 Å². The van der Waals surface area contributed by atoms with Gasteiger partial charge in [0.15, 0.2) is 0 Å². The number of rotatable bonds is 2. The van der Waals surface area contributed by atoms with Gasteiger partial charge in [0.2, 0.25) is 0 Å². The molecule has 0 unspecified atom stereocenters. The van der Waals surface area contributed by atoms with Crippen molar-refractivity contribution in [1.29, 1.82) is 0 Å². The Morgan fingerprint density at radius 2 is 1.79 bits per heavy atom. The first kappa shape index (κ1) is 13.1. The summed E-state index contributed by atoms with van der Waals surface area (Å²) in [6, 6.07) is 10.9. The molecule has 2 rings (SSSR count). The predicted molar refractivity (Wildman–Crippen MR) is 75.6 cm³/mol. The van der Waals surface area contributed by atoms with Gasteiger partial charge in [-0.05, 0) is 37.6 Å². The number of nitrogens with zero attached hydrogens (tertiary/aromatic N) is 1. The largest absolute Gasteiger partial charge is 0.322 e. The summed E-state index contributed by atoms with van der Waals surface area (Å²) in [5.41, 5.74) is 2.12. The number of aryl methyl sites for hydroxylation is 2. The number of aromatic nitrogens is 1. The molecule has 0 spiro atoms. The van der Waals surface area contributed by atoms with Crippen molar-refractivity contribution in [2.24, 2.45) is 7.05 Å². The second kappa shape index (κ2) is 5.10. The number of pyridine rings is 1. The van der Waals surface area contributed by atoms with Gasteiger partial charge in [0, 0.05) is 18.4 Å². The average Bonchev–Trinajstić information content (AvgIpc) is 2.37. The van der Waals surface area contributed by atoms with Crippen molar-refractivity contribution in [2.45, 2.75) is 13.8 Å². The Morgan fingerprint density at radius 1 is 1.16 bits per heavy atom. The minimum absolute atomic E-state index is 0.192. The molecule has 19 heavy (non-hydrogen) atoms. The van der Waals surface area contributed by atoms with E-state index >= 15 is 0 Å². The SMILES string of the molecule is Cc1cc(C)n(C)c(=O)c1C(=O)Nc1ccccc1. The van der Waals surface area contributed by atoms with Crippen LogP contribution in [0.4, 0.5) is 5.69 Å². The molecule has 4 heteroatoms. The third kappa shape index (κ3) is 2.57. The van der Waals surface area contributed by atoms with Crippen molar-refractivity contribution in [3.63, 3.8) is 0 Å². The molecule has 0 bridgehead atoms. The fourth-order valence-corrected chi connectivity index (χ4v) is 1.97. The van der Waals surface area contributed by atoms with Crippen LogP contribution < -0.4 is 10.9 Å². The van der Waals surface area contributed by atoms with Gasteiger partial charge in [-0.15, -0.1) is 0 Å². The lowest BCUT2D eigenvalue weighted by molar-refractivity contribution is 0.102. The van der Waals surface area contributed by atoms with E-state index in [2.05, 4.69) is 5.32 Å². The normalized spacial score (nSPS) is 10.3. The smallest absolute Gasteiger partial charge is 0.263 e. The van der Waals surface area contributed by atoms with Crippen LogP contribution in [-0.4, -0.2) is 10.5 Å². The quantitative estimate of drug-likeness (QED) is 0.896. The first-order valence-corrected chi connectivity index (χ1v) is 6.04. The van der Waals surface area contributed by atoms with Gasteiger partial charge in [0.05, 0.1) is 0 Å². The van der Waals surface area contributed by atoms with E-state index in [0.717, 1.165) is 5.69 Å². The molecule has 1 heterocycles. The summed E-state index contributed by atoms with van der Waals surface area (Å²) >= 11 is 0. The Hall–Kier alpha value is -2.36. The van der Waals surface area contributed by atoms with Gasteiger partial charge in [-0.2, -0.15) is 0 Å². The summed E-state index contributed by atoms with van der Waals surface area (Å²) in [4.78, 5) is 24.3. The minimum Gasteiger partial charge on any atom is -0.322 e. The standard InChI is InChI=1S/C15H16N2O2/c1-10-9-11(2)17(3)15(19)13(10)14(18)16-12-7-5-4-6-8-12/h4-9H,1-3H3,(H,16,18). The Kier molecular flexibility index (Phi) is 3.51. The van der Waals surface area contributed by atoms with Crippen LogP contribution in [0.3, 0.4) is 0 Å². The summed E-state index contributed by atoms with van der Waals surface area (Å²) in [5.74, 6) is -0.371. The summed E-state index contributed by atoms with van der Waals surface area (Å²) in [6.07, 6.45) is 0. The Balaban J connectivity index is 2.40. The van der Waals surface area contributed by atoms with E-state index in [0.29, 0.717) is 11.3 Å². The van der Waals surface area contributed by atoms with Crippen molar-refractivity contribution in [3.8, 4) is 0 Å². The lowest BCUT2D eigenvalue weighted by Crippen LogP contribution is -2.30. The molecule has 1 N–H and O–H groups in total. The molecule has 0 radical (unpaired) electrons. The number of amides is 1. The molecule has 0 fully saturated rings. The zero-order chi connectivity index (χ0) is 14.0. The topological polar surface area (TPSA) is 51.1 Å². The predicted octanol–water partition coefficient (Wildman–Crippen LogP) is 2.25. The lowest BCUT2D eigenvalue weighted by Gasteiger charge is -2.11. The summed E-state index contributed by atoms with van der Waals surface area (Å²) in [5, 5.41) is 2.73. The zero-order valence-corrected chi connectivity index (χ0v) is 11.2. The Labute approximate surface area is 111 Å². The number of carbonyl (C=O) groups excluding carboxylic acids is 1. The van der Waals surface area contributed by atoms with Crippen LogP contribution in [0.1, 0.15) is 21.6 Å². The number of hydrogen-bond acceptors (Lipinski definition) is 2. The van der Waals surface area contributed by atoms with Crippen LogP contribution in [-0.2, 0) is 7.05 Å². The highest BCUT2D eigenvalue weighted by Gasteiger charge is 2.16. The third-order valence-electron chi connectivity index (χ3n) is 3.13. The molecule has 2 aromatic rings. The lowest BCUT2D eigenvalue weighted by atomic mass is 10.1. The second-order valence-corrected chi connectivity index (χ2v) is 4.53. The van der Waals surface area contributed by atoms with Gasteiger partial charge in [-0.25, -0.2) is 0 Å². The van der Waals surface area contributed by atoms with Crippen molar-refractivity contribution >= 4 is 11.6 Å². The molecular weight excluding hydrogens is 240 g/mol. The fourth-order valence-electron chi connectivity index (χ4n) is 1.97. The molecule has 0 atom stereocenters. The molecule has 0 saturated carbocycles. The van der Waals surface area contributed by atoms with E-state index in [1.807, 2.05) is 31.2 Å². The molecule has 4 nitrogen and oxygen atoms in total. The van der Waals surface area contributed by atoms with E-state index in [4.69, 9.17) is 0 Å². The van der Waals surface area contributed by atoms with Crippen LogP contribution in [0.5, 0.6) is 0 Å². The monoisotopic (exact) mass is 256 g/mol. The fraction of sp³-hybridized carbons (Fsp3) is 0.200. The Bertz CT molecular complexity index is 673. The van der Waals surface area contributed by atoms with Crippen molar-refractivity contribution < 1.29 is 4.79 Å². The van der Waals surface area contributed by atoms with Crippen LogP contribution in [0, 0.1) is 13.8 Å². The maximum Gasteiger partial charge on any atom is 0.263 e. The minimum atomic E-state index is -0.371. The molecule has 1 aromatic carbocycles. The third-order valence-corrected chi connectivity index (χ3v) is 3.13. The van der Waals surface area contributed by atoms with E-state index < -0.39 is 0 Å². The van der Waals surface area contributed by atoms with Crippen LogP contribution >= 0.6 is 0 Å². The zero-order valence-electron chi connectivity index (χ0n) is 11.2. The molecule has 0 aliphatic carbocycles. The summed E-state index contributed by atoms with van der Waals surface area (Å²) in [7, 11) is 1.66. The van der Waals surface area contributed by atoms with E-state index in [-0.39, 0.29) is 17.0 Å². The van der Waals surface area contributed by atoms with Gasteiger partial charge in [0.1, 0.15) is 5.56 Å². The molecular formula is C15H16N2O2. The van der Waals surface area contributed by atoms with E-state index in [1.165, 1.54) is 4.57 Å². The van der Waals surface area contributed by atoms with Gasteiger partial charge in [-0.1, -0.05) is 18.2 Å². The molecule has 0 aliphatic rings. The second-order valence-electron chi connectivity index (χ2n) is 4.53. The van der Waals surface area contributed by atoms with Crippen LogP contribution in [0.25, 0.3) is 0 Å². The highest BCUT2D eigenvalue weighted by molar-refractivity contribution is 6.05. The van der Waals surface area contributed by atoms with Gasteiger partial charge in [-0.3, -0.25) is 9.59 Å². The number of anilines is 1. The maximum atomic E-state index is 12.2. The van der Waals surface area contributed by atoms with Gasteiger partial charge in [0.25, 0.3) is 11.5 Å². The van der Waals surface area contributed by atoms with E-state index in [1.54, 1.807) is 26.1 Å². The van der Waals surface area contributed by atoms with Crippen molar-refractivity contribution in [2.75, 3.05) is 5.32 Å². The summed E-state index contributed by atoms with van der Waals surface area (Å²) in [6.45, 7) is 3.61. The highest BCUT2D eigenvalue weighted by Crippen LogP contribution is 2.10. The molecule has 0 aliphatic heterocycles. The van der Waals surface area contributed by atoms with Crippen LogP contribution in [0.2, 0.25) is 0 Å². The van der Waals surface area contributed by atoms with Gasteiger partial charge < -0.3 is 9.88 Å². The maximum absolute atomic E-state index is 12.2. The Morgan fingerprint density at radius 3 is 2.42 bits per heavy atom.